The van der Waals surface area contributed by atoms with Crippen molar-refractivity contribution < 1.29 is 98.8 Å². The van der Waals surface area contributed by atoms with Gasteiger partial charge in [0.15, 0.2) is 0 Å². The second-order valence-electron chi connectivity index (χ2n) is 7.66. The van der Waals surface area contributed by atoms with Crippen LogP contribution < -0.4 is 0 Å². The smallest absolute Gasteiger partial charge is 0.460 e. The number of alkyl halides is 18. The molecular formula is C17H12F18O4. The molecule has 0 rings (SSSR count). The molecule has 0 atom stereocenters. The molecule has 0 unspecified atom stereocenters. The molecule has 0 radical (unpaired) electrons. The summed E-state index contributed by atoms with van der Waals surface area (Å²) in [5, 5.41) is 17.6. The topological polar surface area (TPSA) is 74.6 Å². The normalized spacial score (nSPS) is 15.7. The van der Waals surface area contributed by atoms with E-state index in [-0.39, 0.29) is 0 Å². The van der Waals surface area contributed by atoms with Crippen LogP contribution in [0, 0.1) is 0 Å². The lowest BCUT2D eigenvalue weighted by Gasteiger charge is -2.34. The van der Waals surface area contributed by atoms with E-state index in [1.165, 1.54) is 0 Å². The molecule has 39 heavy (non-hydrogen) atoms. The molecule has 4 nitrogen and oxygen atoms in total. The number of rotatable bonds is 13. The average molecular weight is 622 g/mol. The highest BCUT2D eigenvalue weighted by Crippen LogP contribution is 2.56. The number of hydrogen-bond acceptors (Lipinski definition) is 2. The first kappa shape index (κ1) is 36.4. The van der Waals surface area contributed by atoms with Gasteiger partial charge in [-0.25, -0.2) is 4.79 Å². The van der Waals surface area contributed by atoms with Gasteiger partial charge in [0, 0.05) is 18.4 Å². The van der Waals surface area contributed by atoms with Crippen LogP contribution in [0.15, 0.2) is 11.1 Å². The third-order valence-electron chi connectivity index (χ3n) is 4.90. The third kappa shape index (κ3) is 6.95. The highest BCUT2D eigenvalue weighted by atomic mass is 19.4. The van der Waals surface area contributed by atoms with E-state index in [2.05, 4.69) is 0 Å². The summed E-state index contributed by atoms with van der Waals surface area (Å²) in [5.74, 6) is -47.4. The molecular weight excluding hydrogens is 610 g/mol. The Kier molecular flexibility index (Phi) is 10.1. The van der Waals surface area contributed by atoms with Crippen molar-refractivity contribution in [3.63, 3.8) is 0 Å². The van der Waals surface area contributed by atoms with Crippen molar-refractivity contribution >= 4 is 11.9 Å². The second-order valence-corrected chi connectivity index (χ2v) is 7.66. The molecule has 0 spiro atoms. The molecule has 0 saturated heterocycles. The SMILES string of the molecule is O=C(O)CC(CCC(F)(F)C(F)(F)C(F)(F)C(F)(F)F)=C(CCC(F)(F)C(F)(F)C(F)(F)C(F)(F)F)C(=O)O. The van der Waals surface area contributed by atoms with Gasteiger partial charge in [-0.1, -0.05) is 0 Å². The summed E-state index contributed by atoms with van der Waals surface area (Å²) in [6.07, 6.45) is -27.0. The maximum absolute atomic E-state index is 13.7. The van der Waals surface area contributed by atoms with Crippen molar-refractivity contribution in [3.05, 3.63) is 11.1 Å². The molecule has 0 aromatic carbocycles. The molecule has 0 aromatic rings. The summed E-state index contributed by atoms with van der Waals surface area (Å²) in [6.45, 7) is 0. The first-order valence-corrected chi connectivity index (χ1v) is 9.38. The molecule has 22 heteroatoms. The number of carboxylic acids is 2. The zero-order valence-corrected chi connectivity index (χ0v) is 18.0. The Morgan fingerprint density at radius 2 is 0.795 bits per heavy atom. The van der Waals surface area contributed by atoms with Crippen LogP contribution in [0.2, 0.25) is 0 Å². The van der Waals surface area contributed by atoms with E-state index in [4.69, 9.17) is 10.2 Å². The molecule has 2 N–H and O–H groups in total. The Labute approximate surface area is 203 Å². The third-order valence-corrected chi connectivity index (χ3v) is 4.90. The molecule has 0 aliphatic heterocycles. The molecule has 0 saturated carbocycles. The molecule has 230 valence electrons. The van der Waals surface area contributed by atoms with Crippen molar-refractivity contribution in [3.8, 4) is 0 Å². The summed E-state index contributed by atoms with van der Waals surface area (Å²) in [7, 11) is 0. The van der Waals surface area contributed by atoms with E-state index in [1.54, 1.807) is 0 Å². The Morgan fingerprint density at radius 1 is 0.487 bits per heavy atom. The molecule has 0 bridgehead atoms. The van der Waals surface area contributed by atoms with E-state index in [0.717, 1.165) is 0 Å². The highest BCUT2D eigenvalue weighted by Gasteiger charge is 2.82. The van der Waals surface area contributed by atoms with Crippen molar-refractivity contribution in [1.29, 1.82) is 0 Å². The number of hydrogen-bond donors (Lipinski definition) is 2. The van der Waals surface area contributed by atoms with Crippen LogP contribution in [-0.4, -0.2) is 70.0 Å². The maximum Gasteiger partial charge on any atom is 0.460 e. The number of halogens is 18. The summed E-state index contributed by atoms with van der Waals surface area (Å²) in [5.41, 5.74) is -3.80. The minimum Gasteiger partial charge on any atom is -0.481 e. The van der Waals surface area contributed by atoms with Crippen molar-refractivity contribution in [2.45, 2.75) is 80.0 Å². The van der Waals surface area contributed by atoms with Crippen LogP contribution >= 0.6 is 0 Å². The van der Waals surface area contributed by atoms with Crippen LogP contribution in [0.1, 0.15) is 32.1 Å². The fraction of sp³-hybridized carbons (Fsp3) is 0.765. The van der Waals surface area contributed by atoms with Gasteiger partial charge in [-0.3, -0.25) is 4.79 Å². The van der Waals surface area contributed by atoms with E-state index < -0.39 is 103 Å². The summed E-state index contributed by atoms with van der Waals surface area (Å²) in [6, 6.07) is 0. The largest absolute Gasteiger partial charge is 0.481 e. The van der Waals surface area contributed by atoms with E-state index >= 15 is 0 Å². The molecule has 0 amide bonds. The predicted octanol–water partition coefficient (Wildman–Crippen LogP) is 7.34. The molecule has 0 fully saturated rings. The average Bonchev–Trinajstić information content (AvgIpc) is 2.68. The van der Waals surface area contributed by atoms with Gasteiger partial charge in [0.2, 0.25) is 0 Å². The van der Waals surface area contributed by atoms with Crippen molar-refractivity contribution in [1.82, 2.24) is 0 Å². The maximum atomic E-state index is 13.7. The molecule has 0 heterocycles. The van der Waals surface area contributed by atoms with Crippen LogP contribution in [0.5, 0.6) is 0 Å². The first-order valence-electron chi connectivity index (χ1n) is 9.38. The number of carbonyl (C=O) groups is 2. The lowest BCUT2D eigenvalue weighted by Crippen LogP contribution is -2.60. The summed E-state index contributed by atoms with van der Waals surface area (Å²) >= 11 is 0. The van der Waals surface area contributed by atoms with Gasteiger partial charge in [-0.2, -0.15) is 79.0 Å². The number of aliphatic carboxylic acids is 2. The van der Waals surface area contributed by atoms with E-state index in [9.17, 15) is 88.6 Å². The standard InChI is InChI=1S/C17H12F18O4/c18-10(19,12(22,23)14(26,27)16(30,31)32)3-1-6(5-8(36)37)7(9(38)39)2-4-11(20,21)13(24,25)15(28,29)17(33,34)35/h1-5H2,(H,36,37)(H,38,39). The Hall–Kier alpha value is -2.58. The quantitative estimate of drug-likeness (QED) is 0.167. The van der Waals surface area contributed by atoms with E-state index in [0.29, 0.717) is 0 Å². The van der Waals surface area contributed by atoms with Gasteiger partial charge in [-0.05, 0) is 18.4 Å². The van der Waals surface area contributed by atoms with Gasteiger partial charge in [0.1, 0.15) is 0 Å². The first-order chi connectivity index (χ1) is 16.8. The van der Waals surface area contributed by atoms with Crippen LogP contribution in [0.25, 0.3) is 0 Å². The van der Waals surface area contributed by atoms with Gasteiger partial charge >= 0.3 is 59.8 Å². The lowest BCUT2D eigenvalue weighted by atomic mass is 9.90. The predicted molar refractivity (Wildman–Crippen MR) is 87.2 cm³/mol. The van der Waals surface area contributed by atoms with Crippen molar-refractivity contribution in [2.24, 2.45) is 0 Å². The zero-order chi connectivity index (χ0) is 31.8. The second kappa shape index (κ2) is 10.8. The minimum atomic E-state index is -7.45. The fourth-order valence-corrected chi connectivity index (χ4v) is 2.68. The van der Waals surface area contributed by atoms with Crippen LogP contribution in [0.3, 0.4) is 0 Å². The van der Waals surface area contributed by atoms with Gasteiger partial charge in [0.25, 0.3) is 0 Å². The Bertz CT molecular complexity index is 944. The molecule has 0 aliphatic rings. The lowest BCUT2D eigenvalue weighted by molar-refractivity contribution is -0.396. The van der Waals surface area contributed by atoms with Crippen molar-refractivity contribution in [2.75, 3.05) is 0 Å². The molecule has 0 aromatic heterocycles. The highest BCUT2D eigenvalue weighted by molar-refractivity contribution is 5.88. The van der Waals surface area contributed by atoms with Crippen LogP contribution in [-0.2, 0) is 9.59 Å². The monoisotopic (exact) mass is 622 g/mol. The fourth-order valence-electron chi connectivity index (χ4n) is 2.68. The minimum absolute atomic E-state index is 1.76. The Morgan fingerprint density at radius 3 is 1.05 bits per heavy atom. The summed E-state index contributed by atoms with van der Waals surface area (Å²) < 4.78 is 233. The van der Waals surface area contributed by atoms with Gasteiger partial charge in [-0.15, -0.1) is 0 Å². The Balaban J connectivity index is 6.44. The molecule has 0 aliphatic carbocycles. The number of carboxylic acid groups (broad SMARTS) is 2. The summed E-state index contributed by atoms with van der Waals surface area (Å²) in [4.78, 5) is 22.1. The zero-order valence-electron chi connectivity index (χ0n) is 18.0. The van der Waals surface area contributed by atoms with Gasteiger partial charge in [0.05, 0.1) is 6.42 Å². The van der Waals surface area contributed by atoms with Crippen LogP contribution in [0.4, 0.5) is 79.0 Å². The van der Waals surface area contributed by atoms with Gasteiger partial charge < -0.3 is 10.2 Å². The van der Waals surface area contributed by atoms with E-state index in [1.807, 2.05) is 0 Å².